The summed E-state index contributed by atoms with van der Waals surface area (Å²) < 4.78 is 0. The van der Waals surface area contributed by atoms with Gasteiger partial charge in [0.2, 0.25) is 0 Å². The number of nitrogens with one attached hydrogen (secondary N) is 1. The van der Waals surface area contributed by atoms with Crippen molar-refractivity contribution in [1.82, 2.24) is 15.0 Å². The summed E-state index contributed by atoms with van der Waals surface area (Å²) in [5.74, 6) is 0. The Morgan fingerprint density at radius 2 is 2.18 bits per heavy atom. The van der Waals surface area contributed by atoms with Gasteiger partial charge in [0.05, 0.1) is 11.4 Å². The highest BCUT2D eigenvalue weighted by atomic mass is 14.8. The number of nitrogens with two attached hydrogens (primary N) is 1. The zero-order valence-electron chi connectivity index (χ0n) is 9.44. The summed E-state index contributed by atoms with van der Waals surface area (Å²) in [7, 11) is 0. The molecular weight excluding hydrogens is 212 g/mol. The molecule has 3 aromatic rings. The fourth-order valence-electron chi connectivity index (χ4n) is 1.89. The number of anilines is 1. The second kappa shape index (κ2) is 3.59. The fraction of sp³-hybridized carbons (Fsp3) is 0.0769. The first-order valence-corrected chi connectivity index (χ1v) is 5.40. The van der Waals surface area contributed by atoms with Gasteiger partial charge in [0.1, 0.15) is 5.65 Å². The predicted octanol–water partition coefficient (Wildman–Crippen LogP) is 2.52. The Kier molecular flexibility index (Phi) is 2.08. The van der Waals surface area contributed by atoms with Crippen molar-refractivity contribution < 1.29 is 0 Å². The maximum atomic E-state index is 5.88. The topological polar surface area (TPSA) is 67.6 Å². The Morgan fingerprint density at radius 1 is 1.29 bits per heavy atom. The van der Waals surface area contributed by atoms with Crippen LogP contribution in [0.2, 0.25) is 0 Å². The lowest BCUT2D eigenvalue weighted by Gasteiger charge is -2.03. The lowest BCUT2D eigenvalue weighted by atomic mass is 10.1. The van der Waals surface area contributed by atoms with Crippen molar-refractivity contribution >= 4 is 16.7 Å². The van der Waals surface area contributed by atoms with Crippen LogP contribution in [-0.2, 0) is 0 Å². The number of H-pyrrole nitrogens is 1. The van der Waals surface area contributed by atoms with Crippen molar-refractivity contribution in [1.29, 1.82) is 0 Å². The number of nitrogens with zero attached hydrogens (tertiary/aromatic N) is 2. The Morgan fingerprint density at radius 3 is 3.00 bits per heavy atom. The smallest absolute Gasteiger partial charge is 0.137 e. The average molecular weight is 224 g/mol. The van der Waals surface area contributed by atoms with Crippen molar-refractivity contribution in [2.45, 2.75) is 6.92 Å². The molecule has 0 fully saturated rings. The summed E-state index contributed by atoms with van der Waals surface area (Å²) in [6, 6.07) is 5.90. The number of hydrogen-bond acceptors (Lipinski definition) is 3. The second-order valence-electron chi connectivity index (χ2n) is 4.00. The Bertz CT molecular complexity index is 685. The molecule has 0 aliphatic heterocycles. The van der Waals surface area contributed by atoms with E-state index in [2.05, 4.69) is 15.0 Å². The molecule has 84 valence electrons. The van der Waals surface area contributed by atoms with Gasteiger partial charge in [0, 0.05) is 35.1 Å². The molecule has 4 heteroatoms. The van der Waals surface area contributed by atoms with Crippen molar-refractivity contribution in [3.05, 3.63) is 42.5 Å². The first-order valence-electron chi connectivity index (χ1n) is 5.40. The molecule has 0 atom stereocenters. The van der Waals surface area contributed by atoms with Gasteiger partial charge in [-0.25, -0.2) is 4.98 Å². The van der Waals surface area contributed by atoms with Gasteiger partial charge in [-0.05, 0) is 25.1 Å². The highest BCUT2D eigenvalue weighted by Crippen LogP contribution is 2.28. The molecule has 4 nitrogen and oxygen atoms in total. The van der Waals surface area contributed by atoms with Gasteiger partial charge in [-0.2, -0.15) is 0 Å². The number of nitrogen functional groups attached to an aromatic ring is 1. The van der Waals surface area contributed by atoms with Gasteiger partial charge in [0.15, 0.2) is 0 Å². The van der Waals surface area contributed by atoms with Gasteiger partial charge in [0.25, 0.3) is 0 Å². The molecule has 0 bridgehead atoms. The van der Waals surface area contributed by atoms with E-state index < -0.39 is 0 Å². The van der Waals surface area contributed by atoms with Crippen LogP contribution in [-0.4, -0.2) is 15.0 Å². The maximum absolute atomic E-state index is 5.88. The number of fused-ring (bicyclic) bond motifs is 1. The second-order valence-corrected chi connectivity index (χ2v) is 4.00. The van der Waals surface area contributed by atoms with Crippen molar-refractivity contribution in [3.8, 4) is 11.1 Å². The minimum absolute atomic E-state index is 0.709. The van der Waals surface area contributed by atoms with Crippen LogP contribution in [0.1, 0.15) is 5.69 Å². The molecule has 0 amide bonds. The molecule has 3 rings (SSSR count). The largest absolute Gasteiger partial charge is 0.397 e. The summed E-state index contributed by atoms with van der Waals surface area (Å²) in [5, 5.41) is 1.08. The van der Waals surface area contributed by atoms with Gasteiger partial charge in [-0.3, -0.25) is 4.98 Å². The molecule has 3 heterocycles. The number of pyridine rings is 2. The van der Waals surface area contributed by atoms with E-state index in [-0.39, 0.29) is 0 Å². The molecule has 0 aliphatic carbocycles. The van der Waals surface area contributed by atoms with Crippen molar-refractivity contribution in [3.63, 3.8) is 0 Å². The summed E-state index contributed by atoms with van der Waals surface area (Å²) >= 11 is 0. The van der Waals surface area contributed by atoms with Crippen LogP contribution >= 0.6 is 0 Å². The molecule has 0 aliphatic rings. The highest BCUT2D eigenvalue weighted by Gasteiger charge is 2.07. The van der Waals surface area contributed by atoms with Crippen LogP contribution in [0.5, 0.6) is 0 Å². The number of rotatable bonds is 1. The SMILES string of the molecule is Cc1ncc(-c2c[nH]c3ncccc23)cc1N. The van der Waals surface area contributed by atoms with E-state index >= 15 is 0 Å². The lowest BCUT2D eigenvalue weighted by molar-refractivity contribution is 1.21. The van der Waals surface area contributed by atoms with Gasteiger partial charge >= 0.3 is 0 Å². The standard InChI is InChI=1S/C13H12N4/c1-8-12(14)5-9(6-16-8)11-7-17-13-10(11)3-2-4-15-13/h2-7H,14H2,1H3,(H,15,17). The van der Waals surface area contributed by atoms with E-state index in [9.17, 15) is 0 Å². The highest BCUT2D eigenvalue weighted by molar-refractivity contribution is 5.93. The van der Waals surface area contributed by atoms with E-state index in [0.29, 0.717) is 5.69 Å². The third kappa shape index (κ3) is 1.54. The molecule has 3 aromatic heterocycles. The predicted molar refractivity (Wildman–Crippen MR) is 68.5 cm³/mol. The van der Waals surface area contributed by atoms with Gasteiger partial charge in [-0.1, -0.05) is 0 Å². The van der Waals surface area contributed by atoms with E-state index in [0.717, 1.165) is 27.9 Å². The molecule has 0 unspecified atom stereocenters. The van der Waals surface area contributed by atoms with E-state index in [1.54, 1.807) is 6.20 Å². The molecule has 17 heavy (non-hydrogen) atoms. The normalized spacial score (nSPS) is 10.9. The summed E-state index contributed by atoms with van der Waals surface area (Å²) in [6.45, 7) is 1.90. The maximum Gasteiger partial charge on any atom is 0.137 e. The van der Waals surface area contributed by atoms with Crippen LogP contribution in [0.25, 0.3) is 22.2 Å². The molecule has 3 N–H and O–H groups in total. The quantitative estimate of drug-likeness (QED) is 0.667. The average Bonchev–Trinajstić information content (AvgIpc) is 2.76. The molecule has 0 spiro atoms. The Balaban J connectivity index is 2.24. The molecule has 0 saturated heterocycles. The fourth-order valence-corrected chi connectivity index (χ4v) is 1.89. The zero-order chi connectivity index (χ0) is 11.8. The summed E-state index contributed by atoms with van der Waals surface area (Å²) in [4.78, 5) is 11.7. The van der Waals surface area contributed by atoms with Crippen molar-refractivity contribution in [2.24, 2.45) is 0 Å². The van der Waals surface area contributed by atoms with Crippen LogP contribution in [0.4, 0.5) is 5.69 Å². The minimum atomic E-state index is 0.709. The van der Waals surface area contributed by atoms with Crippen LogP contribution in [0.15, 0.2) is 36.8 Å². The lowest BCUT2D eigenvalue weighted by Crippen LogP contribution is -1.93. The Hall–Kier alpha value is -2.36. The molecule has 0 aromatic carbocycles. The number of hydrogen-bond donors (Lipinski definition) is 2. The summed E-state index contributed by atoms with van der Waals surface area (Å²) in [5.41, 5.74) is 10.4. The zero-order valence-corrected chi connectivity index (χ0v) is 9.44. The van der Waals surface area contributed by atoms with Gasteiger partial charge in [-0.15, -0.1) is 0 Å². The third-order valence-corrected chi connectivity index (χ3v) is 2.89. The molecular formula is C13H12N4. The summed E-state index contributed by atoms with van der Waals surface area (Å²) in [6.07, 6.45) is 5.54. The van der Waals surface area contributed by atoms with Crippen molar-refractivity contribution in [2.75, 3.05) is 5.73 Å². The number of aryl methyl sites for hydroxylation is 1. The van der Waals surface area contributed by atoms with Gasteiger partial charge < -0.3 is 10.7 Å². The minimum Gasteiger partial charge on any atom is -0.397 e. The monoisotopic (exact) mass is 224 g/mol. The molecule has 0 saturated carbocycles. The van der Waals surface area contributed by atoms with Crippen LogP contribution < -0.4 is 5.73 Å². The van der Waals surface area contributed by atoms with Crippen LogP contribution in [0, 0.1) is 6.92 Å². The van der Waals surface area contributed by atoms with E-state index in [4.69, 9.17) is 5.73 Å². The first kappa shape index (κ1) is 9.84. The van der Waals surface area contributed by atoms with Crippen LogP contribution in [0.3, 0.4) is 0 Å². The number of aromatic nitrogens is 3. The Labute approximate surface area is 98.5 Å². The van der Waals surface area contributed by atoms with E-state index in [1.165, 1.54) is 0 Å². The third-order valence-electron chi connectivity index (χ3n) is 2.89. The van der Waals surface area contributed by atoms with E-state index in [1.807, 2.05) is 37.5 Å². The number of aromatic amines is 1. The first-order chi connectivity index (χ1) is 8.25. The molecule has 0 radical (unpaired) electrons.